The number of hydrogen-bond donors (Lipinski definition) is 0. The molecule has 134 valence electrons. The standard InChI is InChI=1S/C16H30O5SSi/c1-6-19-23(20-7-2,21-8-3)11-9-10-14(4)12-18-16(17)15(5)13-22/h14H,6-12H2,1-5H3. The van der Waals surface area contributed by atoms with Gasteiger partial charge in [0.1, 0.15) is 0 Å². The third-order valence-corrected chi connectivity index (χ3v) is 6.69. The van der Waals surface area contributed by atoms with Crippen molar-refractivity contribution in [3.63, 3.8) is 0 Å². The molecule has 0 bridgehead atoms. The molecule has 0 saturated carbocycles. The van der Waals surface area contributed by atoms with Gasteiger partial charge in [0.2, 0.25) is 0 Å². The van der Waals surface area contributed by atoms with Crippen LogP contribution in [-0.4, -0.2) is 46.2 Å². The van der Waals surface area contributed by atoms with Crippen molar-refractivity contribution in [1.82, 2.24) is 0 Å². The molecule has 0 aromatic rings. The fourth-order valence-corrected chi connectivity index (χ4v) is 4.84. The molecule has 0 radical (unpaired) electrons. The van der Waals surface area contributed by atoms with Crippen LogP contribution in [0.25, 0.3) is 0 Å². The zero-order valence-corrected chi connectivity index (χ0v) is 16.8. The van der Waals surface area contributed by atoms with E-state index < -0.39 is 14.8 Å². The molecule has 5 nitrogen and oxygen atoms in total. The normalized spacial score (nSPS) is 12.6. The Morgan fingerprint density at radius 3 is 2.09 bits per heavy atom. The molecule has 0 N–H and O–H groups in total. The number of carbonyl (C=O) groups is 1. The maximum absolute atomic E-state index is 11.5. The van der Waals surface area contributed by atoms with Crippen LogP contribution in [0.1, 0.15) is 47.5 Å². The van der Waals surface area contributed by atoms with E-state index in [9.17, 15) is 4.79 Å². The van der Waals surface area contributed by atoms with E-state index >= 15 is 0 Å². The molecule has 0 aliphatic heterocycles. The van der Waals surface area contributed by atoms with Gasteiger partial charge in [0.25, 0.3) is 0 Å². The Balaban J connectivity index is 4.30. The molecule has 0 heterocycles. The summed E-state index contributed by atoms with van der Waals surface area (Å²) in [7, 11) is -2.57. The molecule has 0 fully saturated rings. The molecule has 0 aliphatic rings. The molecule has 0 rings (SSSR count). The number of ether oxygens (including phenoxy) is 1. The van der Waals surface area contributed by atoms with Crippen molar-refractivity contribution in [1.29, 1.82) is 0 Å². The summed E-state index contributed by atoms with van der Waals surface area (Å²) < 4.78 is 22.7. The van der Waals surface area contributed by atoms with E-state index in [1.54, 1.807) is 6.92 Å². The van der Waals surface area contributed by atoms with Gasteiger partial charge in [0.05, 0.1) is 12.2 Å². The Hall–Kier alpha value is -0.563. The Bertz CT molecular complexity index is 379. The second-order valence-electron chi connectivity index (χ2n) is 5.30. The molecular weight excluding hydrogens is 332 g/mol. The minimum Gasteiger partial charge on any atom is -0.462 e. The molecule has 0 spiro atoms. The maximum atomic E-state index is 11.5. The Morgan fingerprint density at radius 2 is 1.65 bits per heavy atom. The summed E-state index contributed by atoms with van der Waals surface area (Å²) in [4.78, 5) is 11.5. The fraction of sp³-hybridized carbons (Fsp3) is 0.812. The zero-order chi connectivity index (χ0) is 17.7. The van der Waals surface area contributed by atoms with Gasteiger partial charge in [-0.3, -0.25) is 0 Å². The minimum atomic E-state index is -2.57. The first kappa shape index (κ1) is 22.4. The first-order valence-corrected chi connectivity index (χ1v) is 10.6. The van der Waals surface area contributed by atoms with Crippen LogP contribution in [0.15, 0.2) is 5.57 Å². The molecule has 23 heavy (non-hydrogen) atoms. The fourth-order valence-electron chi connectivity index (χ4n) is 2.12. The van der Waals surface area contributed by atoms with Crippen LogP contribution in [0, 0.1) is 5.92 Å². The zero-order valence-electron chi connectivity index (χ0n) is 15.0. The number of esters is 1. The van der Waals surface area contributed by atoms with Gasteiger partial charge in [-0.05, 0) is 63.7 Å². The van der Waals surface area contributed by atoms with Gasteiger partial charge in [-0.25, -0.2) is 4.79 Å². The summed E-state index contributed by atoms with van der Waals surface area (Å²) in [5, 5.41) is 2.38. The molecule has 0 aromatic carbocycles. The Labute approximate surface area is 146 Å². The predicted molar refractivity (Wildman–Crippen MR) is 96.6 cm³/mol. The van der Waals surface area contributed by atoms with Gasteiger partial charge < -0.3 is 18.0 Å². The third-order valence-electron chi connectivity index (χ3n) is 3.23. The molecule has 1 atom stereocenters. The molecule has 1 unspecified atom stereocenters. The van der Waals surface area contributed by atoms with E-state index in [1.165, 1.54) is 0 Å². The molecule has 0 saturated heterocycles. The highest BCUT2D eigenvalue weighted by atomic mass is 32.1. The topological polar surface area (TPSA) is 54.0 Å². The van der Waals surface area contributed by atoms with E-state index in [0.717, 1.165) is 18.9 Å². The maximum Gasteiger partial charge on any atom is 0.500 e. The highest BCUT2D eigenvalue weighted by Crippen LogP contribution is 2.21. The quantitative estimate of drug-likeness (QED) is 0.216. The minimum absolute atomic E-state index is 0.258. The second-order valence-corrected chi connectivity index (χ2v) is 8.24. The van der Waals surface area contributed by atoms with Crippen molar-refractivity contribution >= 4 is 32.0 Å². The average Bonchev–Trinajstić information content (AvgIpc) is 2.52. The van der Waals surface area contributed by atoms with Crippen LogP contribution in [0.2, 0.25) is 6.04 Å². The van der Waals surface area contributed by atoms with Gasteiger partial charge in [0.15, 0.2) is 0 Å². The highest BCUT2D eigenvalue weighted by molar-refractivity contribution is 7.78. The van der Waals surface area contributed by atoms with Gasteiger partial charge >= 0.3 is 14.8 Å². The van der Waals surface area contributed by atoms with Crippen LogP contribution in [-0.2, 0) is 22.8 Å². The monoisotopic (exact) mass is 362 g/mol. The van der Waals surface area contributed by atoms with E-state index in [-0.39, 0.29) is 5.92 Å². The number of hydrogen-bond acceptors (Lipinski definition) is 6. The van der Waals surface area contributed by atoms with Crippen molar-refractivity contribution in [2.24, 2.45) is 5.92 Å². The number of thiocarbonyl (C=S) groups is 1. The largest absolute Gasteiger partial charge is 0.500 e. The van der Waals surface area contributed by atoms with Crippen molar-refractivity contribution in [3.05, 3.63) is 5.57 Å². The predicted octanol–water partition coefficient (Wildman–Crippen LogP) is 3.54. The summed E-state index contributed by atoms with van der Waals surface area (Å²) in [6, 6.07) is 0.777. The SMILES string of the molecule is CCO[Si](CCCC(C)COC(=O)C(C)=C=S)(OCC)OCC. The summed E-state index contributed by atoms with van der Waals surface area (Å²) in [6.07, 6.45) is 1.82. The van der Waals surface area contributed by atoms with E-state index in [0.29, 0.717) is 32.0 Å². The first-order valence-electron chi connectivity index (χ1n) is 8.25. The summed E-state index contributed by atoms with van der Waals surface area (Å²) in [5.74, 6) is -0.137. The molecule has 0 aliphatic carbocycles. The summed E-state index contributed by atoms with van der Waals surface area (Å²) in [5.41, 5.74) is 0.336. The molecule has 0 aromatic heterocycles. The lowest BCUT2D eigenvalue weighted by molar-refractivity contribution is -0.140. The third kappa shape index (κ3) is 9.35. The Kier molecular flexibility index (Phi) is 12.5. The van der Waals surface area contributed by atoms with Crippen LogP contribution in [0.3, 0.4) is 0 Å². The van der Waals surface area contributed by atoms with Crippen LogP contribution >= 0.6 is 12.2 Å². The summed E-state index contributed by atoms with van der Waals surface area (Å²) in [6.45, 7) is 11.6. The van der Waals surface area contributed by atoms with Crippen molar-refractivity contribution in [2.45, 2.75) is 53.5 Å². The van der Waals surface area contributed by atoms with Crippen LogP contribution in [0.4, 0.5) is 0 Å². The highest BCUT2D eigenvalue weighted by Gasteiger charge is 2.39. The Morgan fingerprint density at radius 1 is 1.13 bits per heavy atom. The lowest BCUT2D eigenvalue weighted by Crippen LogP contribution is -2.46. The smallest absolute Gasteiger partial charge is 0.462 e. The van der Waals surface area contributed by atoms with Gasteiger partial charge in [-0.1, -0.05) is 6.92 Å². The van der Waals surface area contributed by atoms with Crippen LogP contribution in [0.5, 0.6) is 0 Å². The lowest BCUT2D eigenvalue weighted by Gasteiger charge is -2.28. The van der Waals surface area contributed by atoms with Crippen LogP contribution < -0.4 is 0 Å². The average molecular weight is 363 g/mol. The molecular formula is C16H30O5SSi. The van der Waals surface area contributed by atoms with Crippen molar-refractivity contribution in [3.8, 4) is 0 Å². The first-order chi connectivity index (χ1) is 10.9. The number of rotatable bonds is 13. The second kappa shape index (κ2) is 12.8. The molecule has 7 heteroatoms. The van der Waals surface area contributed by atoms with E-state index in [2.05, 4.69) is 24.2 Å². The van der Waals surface area contributed by atoms with Gasteiger partial charge in [0, 0.05) is 25.9 Å². The van der Waals surface area contributed by atoms with E-state index in [1.807, 2.05) is 20.8 Å². The lowest BCUT2D eigenvalue weighted by atomic mass is 10.1. The van der Waals surface area contributed by atoms with Crippen molar-refractivity contribution < 1.29 is 22.8 Å². The van der Waals surface area contributed by atoms with E-state index in [4.69, 9.17) is 18.0 Å². The van der Waals surface area contributed by atoms with Crippen molar-refractivity contribution in [2.75, 3.05) is 26.4 Å². The summed E-state index contributed by atoms with van der Waals surface area (Å²) >= 11 is 4.59. The molecule has 0 amide bonds. The van der Waals surface area contributed by atoms with Gasteiger partial charge in [-0.2, -0.15) is 0 Å². The number of carbonyl (C=O) groups excluding carboxylic acids is 1. The van der Waals surface area contributed by atoms with Gasteiger partial charge in [-0.15, -0.1) is 0 Å².